The van der Waals surface area contributed by atoms with Gasteiger partial charge in [-0.05, 0) is 43.0 Å². The number of hydrogen-bond acceptors (Lipinski definition) is 5. The van der Waals surface area contributed by atoms with E-state index in [-0.39, 0.29) is 5.02 Å². The lowest BCUT2D eigenvalue weighted by molar-refractivity contribution is 0.268. The van der Waals surface area contributed by atoms with E-state index in [2.05, 4.69) is 31.2 Å². The zero-order valence-corrected chi connectivity index (χ0v) is 17.3. The minimum absolute atomic E-state index is 0.0438. The quantitative estimate of drug-likeness (QED) is 0.430. The number of ether oxygens (including phenoxy) is 2. The first-order chi connectivity index (χ1) is 13.6. The monoisotopic (exact) mass is 465 g/mol. The Morgan fingerprint density at radius 2 is 1.96 bits per heavy atom. The molecule has 0 radical (unpaired) electrons. The first kappa shape index (κ1) is 19.2. The van der Waals surface area contributed by atoms with Gasteiger partial charge in [-0.3, -0.25) is 0 Å². The molecule has 0 amide bonds. The Hall–Kier alpha value is -2.12. The average molecular weight is 467 g/mol. The van der Waals surface area contributed by atoms with Crippen molar-refractivity contribution in [2.75, 3.05) is 23.9 Å². The van der Waals surface area contributed by atoms with Gasteiger partial charge in [-0.1, -0.05) is 27.5 Å². The molecule has 1 aromatic heterocycles. The lowest BCUT2D eigenvalue weighted by Gasteiger charge is -2.15. The van der Waals surface area contributed by atoms with Crippen molar-refractivity contribution in [1.82, 2.24) is 9.97 Å². The maximum Gasteiger partial charge on any atom is 0.163 e. The van der Waals surface area contributed by atoms with Crippen LogP contribution in [0.3, 0.4) is 0 Å². The molecule has 0 bridgehead atoms. The minimum Gasteiger partial charge on any atom is -0.489 e. The SMILES string of the molecule is Fc1ccc(Nc2ncnc3cc(OCCBr)c(OCC4CC4)cc23)cc1Cl. The summed E-state index contributed by atoms with van der Waals surface area (Å²) >= 11 is 9.26. The predicted molar refractivity (Wildman–Crippen MR) is 112 cm³/mol. The van der Waals surface area contributed by atoms with Gasteiger partial charge in [0.25, 0.3) is 0 Å². The van der Waals surface area contributed by atoms with E-state index in [4.69, 9.17) is 21.1 Å². The molecule has 0 atom stereocenters. The summed E-state index contributed by atoms with van der Waals surface area (Å²) < 4.78 is 25.3. The van der Waals surface area contributed by atoms with E-state index in [0.29, 0.717) is 47.7 Å². The molecule has 0 saturated heterocycles. The van der Waals surface area contributed by atoms with Crippen molar-refractivity contribution in [2.45, 2.75) is 12.8 Å². The molecule has 0 aliphatic heterocycles. The van der Waals surface area contributed by atoms with E-state index in [1.165, 1.54) is 31.3 Å². The standard InChI is InChI=1S/C20H18BrClFN3O2/c21-5-6-27-19-9-17-14(8-18(19)28-10-12-1-2-12)20(25-11-24-17)26-13-3-4-16(23)15(22)7-13/h3-4,7-9,11-12H,1-2,5-6,10H2,(H,24,25,26). The van der Waals surface area contributed by atoms with Crippen molar-refractivity contribution in [3.8, 4) is 11.5 Å². The molecule has 1 N–H and O–H groups in total. The molecule has 0 unspecified atom stereocenters. The number of alkyl halides is 1. The van der Waals surface area contributed by atoms with Crippen LogP contribution < -0.4 is 14.8 Å². The summed E-state index contributed by atoms with van der Waals surface area (Å²) in [6.45, 7) is 1.19. The molecule has 146 valence electrons. The van der Waals surface area contributed by atoms with E-state index < -0.39 is 5.82 Å². The Bertz CT molecular complexity index is 1000. The first-order valence-electron chi connectivity index (χ1n) is 8.96. The second kappa shape index (κ2) is 8.49. The van der Waals surface area contributed by atoms with Gasteiger partial charge in [-0.15, -0.1) is 0 Å². The summed E-state index contributed by atoms with van der Waals surface area (Å²) in [5.74, 6) is 2.04. The molecule has 3 aromatic rings. The normalized spacial score (nSPS) is 13.5. The predicted octanol–water partition coefficient (Wildman–Crippen LogP) is 5.73. The van der Waals surface area contributed by atoms with Crippen molar-refractivity contribution in [3.63, 3.8) is 0 Å². The molecule has 4 rings (SSSR count). The van der Waals surface area contributed by atoms with E-state index in [1.807, 2.05) is 12.1 Å². The molecule has 2 aromatic carbocycles. The molecule has 1 aliphatic carbocycles. The van der Waals surface area contributed by atoms with Crippen molar-refractivity contribution < 1.29 is 13.9 Å². The molecular weight excluding hydrogens is 449 g/mol. The Labute approximate surface area is 175 Å². The summed E-state index contributed by atoms with van der Waals surface area (Å²) in [4.78, 5) is 8.68. The maximum absolute atomic E-state index is 13.4. The third kappa shape index (κ3) is 4.47. The number of anilines is 2. The highest BCUT2D eigenvalue weighted by Crippen LogP contribution is 2.37. The summed E-state index contributed by atoms with van der Waals surface area (Å²) in [6, 6.07) is 8.17. The lowest BCUT2D eigenvalue weighted by atomic mass is 10.2. The summed E-state index contributed by atoms with van der Waals surface area (Å²) in [5.41, 5.74) is 1.35. The number of fused-ring (bicyclic) bond motifs is 1. The van der Waals surface area contributed by atoms with Gasteiger partial charge in [0.05, 0.1) is 23.8 Å². The number of rotatable bonds is 8. The molecule has 1 aliphatic rings. The van der Waals surface area contributed by atoms with Gasteiger partial charge < -0.3 is 14.8 Å². The zero-order valence-electron chi connectivity index (χ0n) is 14.9. The minimum atomic E-state index is -0.468. The van der Waals surface area contributed by atoms with Crippen LogP contribution in [-0.4, -0.2) is 28.5 Å². The maximum atomic E-state index is 13.4. The zero-order chi connectivity index (χ0) is 19.5. The van der Waals surface area contributed by atoms with E-state index in [0.717, 1.165) is 10.7 Å². The van der Waals surface area contributed by atoms with Crippen LogP contribution >= 0.6 is 27.5 Å². The van der Waals surface area contributed by atoms with Gasteiger partial charge in [0, 0.05) is 22.5 Å². The van der Waals surface area contributed by atoms with Gasteiger partial charge in [-0.2, -0.15) is 0 Å². The van der Waals surface area contributed by atoms with Crippen LogP contribution in [0, 0.1) is 11.7 Å². The lowest BCUT2D eigenvalue weighted by Crippen LogP contribution is -2.05. The van der Waals surface area contributed by atoms with Crippen LogP contribution in [0.4, 0.5) is 15.9 Å². The van der Waals surface area contributed by atoms with E-state index in [9.17, 15) is 4.39 Å². The smallest absolute Gasteiger partial charge is 0.163 e. The summed E-state index contributed by atoms with van der Waals surface area (Å²) in [5, 5.41) is 4.71. The van der Waals surface area contributed by atoms with Crippen molar-refractivity contribution in [2.24, 2.45) is 5.92 Å². The Morgan fingerprint density at radius 1 is 1.14 bits per heavy atom. The highest BCUT2D eigenvalue weighted by molar-refractivity contribution is 9.09. The number of nitrogens with zero attached hydrogens (tertiary/aromatic N) is 2. The van der Waals surface area contributed by atoms with Gasteiger partial charge in [0.15, 0.2) is 11.5 Å². The molecule has 0 spiro atoms. The molecule has 1 saturated carbocycles. The number of benzene rings is 2. The third-order valence-electron chi connectivity index (χ3n) is 4.39. The van der Waals surface area contributed by atoms with Gasteiger partial charge in [0.1, 0.15) is 18.0 Å². The van der Waals surface area contributed by atoms with Crippen molar-refractivity contribution >= 4 is 49.9 Å². The third-order valence-corrected chi connectivity index (χ3v) is 5.00. The molecule has 8 heteroatoms. The van der Waals surface area contributed by atoms with Crippen molar-refractivity contribution in [3.05, 3.63) is 47.5 Å². The van der Waals surface area contributed by atoms with E-state index >= 15 is 0 Å². The van der Waals surface area contributed by atoms with Crippen LogP contribution in [0.2, 0.25) is 5.02 Å². The number of nitrogens with one attached hydrogen (secondary N) is 1. The average Bonchev–Trinajstić information content (AvgIpc) is 3.52. The summed E-state index contributed by atoms with van der Waals surface area (Å²) in [6.07, 6.45) is 3.87. The highest BCUT2D eigenvalue weighted by Gasteiger charge is 2.23. The van der Waals surface area contributed by atoms with Crippen LogP contribution in [0.1, 0.15) is 12.8 Å². The summed E-state index contributed by atoms with van der Waals surface area (Å²) in [7, 11) is 0. The van der Waals surface area contributed by atoms with Crippen LogP contribution in [0.5, 0.6) is 11.5 Å². The molecule has 1 heterocycles. The largest absolute Gasteiger partial charge is 0.489 e. The highest BCUT2D eigenvalue weighted by atomic mass is 79.9. The fourth-order valence-electron chi connectivity index (χ4n) is 2.74. The topological polar surface area (TPSA) is 56.3 Å². The Kier molecular flexibility index (Phi) is 5.82. The van der Waals surface area contributed by atoms with Crippen molar-refractivity contribution in [1.29, 1.82) is 0 Å². The molecular formula is C20H18BrClFN3O2. The fourth-order valence-corrected chi connectivity index (χ4v) is 3.08. The second-order valence-corrected chi connectivity index (χ2v) is 7.78. The number of aromatic nitrogens is 2. The van der Waals surface area contributed by atoms with Crippen LogP contribution in [-0.2, 0) is 0 Å². The van der Waals surface area contributed by atoms with Crippen LogP contribution in [0.15, 0.2) is 36.7 Å². The number of halogens is 3. The Morgan fingerprint density at radius 3 is 2.71 bits per heavy atom. The van der Waals surface area contributed by atoms with Gasteiger partial charge in [-0.25, -0.2) is 14.4 Å². The molecule has 1 fully saturated rings. The van der Waals surface area contributed by atoms with Gasteiger partial charge in [0.2, 0.25) is 0 Å². The number of hydrogen-bond donors (Lipinski definition) is 1. The first-order valence-corrected chi connectivity index (χ1v) is 10.5. The molecule has 28 heavy (non-hydrogen) atoms. The molecule has 5 nitrogen and oxygen atoms in total. The fraction of sp³-hybridized carbons (Fsp3) is 0.300. The van der Waals surface area contributed by atoms with E-state index in [1.54, 1.807) is 6.07 Å². The van der Waals surface area contributed by atoms with Crippen LogP contribution in [0.25, 0.3) is 10.9 Å². The Balaban J connectivity index is 1.69. The second-order valence-electron chi connectivity index (χ2n) is 6.58. The van der Waals surface area contributed by atoms with Gasteiger partial charge >= 0.3 is 0 Å².